The average Bonchev–Trinajstić information content (AvgIpc) is 2.91. The van der Waals surface area contributed by atoms with Crippen molar-refractivity contribution in [3.8, 4) is 0 Å². The van der Waals surface area contributed by atoms with E-state index in [1.807, 2.05) is 0 Å². The van der Waals surface area contributed by atoms with Crippen LogP contribution in [0, 0.1) is 5.82 Å². The van der Waals surface area contributed by atoms with Gasteiger partial charge in [-0.15, -0.1) is 0 Å². The molecule has 3 rings (SSSR count). The van der Waals surface area contributed by atoms with Gasteiger partial charge in [-0.2, -0.15) is 0 Å². The van der Waals surface area contributed by atoms with Crippen LogP contribution in [-0.4, -0.2) is 40.3 Å². The number of nitrogens with one attached hydrogen (secondary N) is 1. The van der Waals surface area contributed by atoms with E-state index in [0.29, 0.717) is 19.2 Å². The Morgan fingerprint density at radius 2 is 2.35 bits per heavy atom. The summed E-state index contributed by atoms with van der Waals surface area (Å²) in [5, 5.41) is 12.2. The molecule has 0 radical (unpaired) electrons. The van der Waals surface area contributed by atoms with Crippen LogP contribution < -0.4 is 5.32 Å². The highest BCUT2D eigenvalue weighted by atomic mass is 19.1. The van der Waals surface area contributed by atoms with Crippen LogP contribution in [0.1, 0.15) is 16.8 Å². The molecule has 0 amide bonds. The fourth-order valence-electron chi connectivity index (χ4n) is 2.12. The third-order valence-corrected chi connectivity index (χ3v) is 3.16. The third kappa shape index (κ3) is 2.39. The summed E-state index contributed by atoms with van der Waals surface area (Å²) in [4.78, 5) is 19.1. The minimum Gasteiger partial charge on any atom is -0.478 e. The smallest absolute Gasteiger partial charge is 0.335 e. The molecule has 1 fully saturated rings. The Morgan fingerprint density at radius 1 is 1.50 bits per heavy atom. The van der Waals surface area contributed by atoms with Gasteiger partial charge in [-0.05, 0) is 18.6 Å². The summed E-state index contributed by atoms with van der Waals surface area (Å²) in [7, 11) is 0. The lowest BCUT2D eigenvalue weighted by molar-refractivity contribution is 0.0696. The van der Waals surface area contributed by atoms with Crippen molar-refractivity contribution in [1.29, 1.82) is 0 Å². The zero-order valence-corrected chi connectivity index (χ0v) is 10.5. The molecule has 1 aliphatic rings. The molecule has 2 aromatic rings. The highest BCUT2D eigenvalue weighted by molar-refractivity contribution is 5.93. The molecular formula is C13H12FN3O3. The quantitative estimate of drug-likeness (QED) is 0.887. The van der Waals surface area contributed by atoms with Crippen molar-refractivity contribution in [1.82, 2.24) is 9.97 Å². The zero-order valence-electron chi connectivity index (χ0n) is 10.5. The van der Waals surface area contributed by atoms with Crippen molar-refractivity contribution in [2.24, 2.45) is 0 Å². The van der Waals surface area contributed by atoms with Crippen LogP contribution in [-0.2, 0) is 4.74 Å². The number of hydrogen-bond donors (Lipinski definition) is 2. The van der Waals surface area contributed by atoms with E-state index in [-0.39, 0.29) is 22.5 Å². The third-order valence-electron chi connectivity index (χ3n) is 3.16. The fraction of sp³-hybridized carbons (Fsp3) is 0.308. The van der Waals surface area contributed by atoms with Crippen LogP contribution in [0.2, 0.25) is 0 Å². The number of carboxylic acid groups (broad SMARTS) is 1. The Labute approximate surface area is 113 Å². The van der Waals surface area contributed by atoms with Crippen LogP contribution in [0.15, 0.2) is 18.3 Å². The molecule has 6 nitrogen and oxygen atoms in total. The number of carbonyl (C=O) groups is 1. The van der Waals surface area contributed by atoms with Gasteiger partial charge >= 0.3 is 5.97 Å². The molecule has 0 bridgehead atoms. The van der Waals surface area contributed by atoms with Crippen molar-refractivity contribution in [3.63, 3.8) is 0 Å². The summed E-state index contributed by atoms with van der Waals surface area (Å²) in [6.45, 7) is 1.26. The summed E-state index contributed by atoms with van der Waals surface area (Å²) in [5.74, 6) is -1.49. The Morgan fingerprint density at radius 3 is 3.05 bits per heavy atom. The lowest BCUT2D eigenvalue weighted by Crippen LogP contribution is -2.20. The molecule has 20 heavy (non-hydrogen) atoms. The van der Waals surface area contributed by atoms with Gasteiger partial charge in [-0.25, -0.2) is 19.2 Å². The van der Waals surface area contributed by atoms with Gasteiger partial charge in [0.2, 0.25) is 5.95 Å². The number of anilines is 1. The molecule has 1 aliphatic heterocycles. The first-order chi connectivity index (χ1) is 9.63. The Balaban J connectivity index is 1.98. The monoisotopic (exact) mass is 277 g/mol. The summed E-state index contributed by atoms with van der Waals surface area (Å²) >= 11 is 0. The molecule has 1 atom stereocenters. The van der Waals surface area contributed by atoms with Crippen molar-refractivity contribution in [2.45, 2.75) is 12.5 Å². The highest BCUT2D eigenvalue weighted by Crippen LogP contribution is 2.20. The maximum absolute atomic E-state index is 13.8. The number of aromatic carboxylic acids is 1. The van der Waals surface area contributed by atoms with Gasteiger partial charge in [0.15, 0.2) is 0 Å². The number of benzene rings is 1. The van der Waals surface area contributed by atoms with Gasteiger partial charge in [0.1, 0.15) is 5.82 Å². The topological polar surface area (TPSA) is 84.3 Å². The second-order valence-electron chi connectivity index (χ2n) is 4.59. The summed E-state index contributed by atoms with van der Waals surface area (Å²) in [6, 6.07) is 2.42. The maximum atomic E-state index is 13.8. The van der Waals surface area contributed by atoms with Crippen LogP contribution in [0.5, 0.6) is 0 Å². The van der Waals surface area contributed by atoms with E-state index >= 15 is 0 Å². The van der Waals surface area contributed by atoms with E-state index in [1.54, 1.807) is 0 Å². The first-order valence-corrected chi connectivity index (χ1v) is 6.17. The van der Waals surface area contributed by atoms with Gasteiger partial charge in [0.25, 0.3) is 0 Å². The minimum absolute atomic E-state index is 0.125. The number of ether oxygens (including phenoxy) is 1. The van der Waals surface area contributed by atoms with Gasteiger partial charge < -0.3 is 15.2 Å². The highest BCUT2D eigenvalue weighted by Gasteiger charge is 2.17. The van der Waals surface area contributed by atoms with E-state index in [2.05, 4.69) is 15.3 Å². The van der Waals surface area contributed by atoms with Gasteiger partial charge in [-0.1, -0.05) is 0 Å². The fourth-order valence-corrected chi connectivity index (χ4v) is 2.12. The molecule has 0 spiro atoms. The van der Waals surface area contributed by atoms with E-state index in [4.69, 9.17) is 9.84 Å². The minimum atomic E-state index is -1.19. The van der Waals surface area contributed by atoms with Gasteiger partial charge in [0.05, 0.1) is 29.1 Å². The average molecular weight is 277 g/mol. The largest absolute Gasteiger partial charge is 0.478 e. The van der Waals surface area contributed by atoms with Crippen molar-refractivity contribution in [2.75, 3.05) is 18.5 Å². The molecule has 1 aromatic heterocycles. The number of nitrogens with zero attached hydrogens (tertiary/aromatic N) is 2. The van der Waals surface area contributed by atoms with Crippen molar-refractivity contribution in [3.05, 3.63) is 29.7 Å². The van der Waals surface area contributed by atoms with E-state index in [0.717, 1.165) is 12.5 Å². The molecule has 0 unspecified atom stereocenters. The van der Waals surface area contributed by atoms with Gasteiger partial charge in [-0.3, -0.25) is 0 Å². The lowest BCUT2D eigenvalue weighted by Gasteiger charge is -2.11. The van der Waals surface area contributed by atoms with E-state index in [9.17, 15) is 9.18 Å². The SMILES string of the molecule is O=C(O)c1cc(F)c2cnc(N[C@@H]3CCOC3)nc2c1. The van der Waals surface area contributed by atoms with E-state index < -0.39 is 11.8 Å². The predicted octanol–water partition coefficient (Wildman–Crippen LogP) is 1.67. The van der Waals surface area contributed by atoms with Crippen molar-refractivity contribution >= 4 is 22.8 Å². The molecule has 7 heteroatoms. The summed E-state index contributed by atoms with van der Waals surface area (Å²) in [5.41, 5.74) is 0.127. The summed E-state index contributed by atoms with van der Waals surface area (Å²) < 4.78 is 19.0. The molecule has 1 saturated heterocycles. The Kier molecular flexibility index (Phi) is 3.19. The standard InChI is InChI=1S/C13H12FN3O3/c14-10-3-7(12(18)19)4-11-9(10)5-15-13(17-11)16-8-1-2-20-6-8/h3-5,8H,1-2,6H2,(H,18,19)(H,15,16,17)/t8-/m1/s1. The molecule has 2 N–H and O–H groups in total. The Bertz CT molecular complexity index is 671. The van der Waals surface area contributed by atoms with Crippen LogP contribution in [0.3, 0.4) is 0 Å². The van der Waals surface area contributed by atoms with Crippen molar-refractivity contribution < 1.29 is 19.0 Å². The van der Waals surface area contributed by atoms with Crippen LogP contribution in [0.4, 0.5) is 10.3 Å². The molecule has 1 aromatic carbocycles. The molecule has 0 saturated carbocycles. The molecule has 2 heterocycles. The number of hydrogen-bond acceptors (Lipinski definition) is 5. The maximum Gasteiger partial charge on any atom is 0.335 e. The van der Waals surface area contributed by atoms with Crippen LogP contribution >= 0.6 is 0 Å². The van der Waals surface area contributed by atoms with Gasteiger partial charge in [0, 0.05) is 12.8 Å². The normalized spacial score (nSPS) is 18.4. The number of aromatic nitrogens is 2. The first-order valence-electron chi connectivity index (χ1n) is 6.17. The van der Waals surface area contributed by atoms with E-state index in [1.165, 1.54) is 12.3 Å². The molecule has 0 aliphatic carbocycles. The lowest BCUT2D eigenvalue weighted by atomic mass is 10.1. The first kappa shape index (κ1) is 12.7. The summed E-state index contributed by atoms with van der Waals surface area (Å²) in [6.07, 6.45) is 2.20. The molecule has 104 valence electrons. The number of carboxylic acids is 1. The zero-order chi connectivity index (χ0) is 14.1. The predicted molar refractivity (Wildman–Crippen MR) is 69.3 cm³/mol. The molecular weight excluding hydrogens is 265 g/mol. The van der Waals surface area contributed by atoms with Crippen LogP contribution in [0.25, 0.3) is 10.9 Å². The number of rotatable bonds is 3. The second-order valence-corrected chi connectivity index (χ2v) is 4.59. The number of fused-ring (bicyclic) bond motifs is 1. The number of halogens is 1. The second kappa shape index (κ2) is 5.01. The Hall–Kier alpha value is -2.28.